The number of nitrogens with one attached hydrogen (secondary N) is 1. The second-order valence-electron chi connectivity index (χ2n) is 4.45. The monoisotopic (exact) mass is 280 g/mol. The third kappa shape index (κ3) is 5.43. The summed E-state index contributed by atoms with van der Waals surface area (Å²) in [5.41, 5.74) is 0.906. The van der Waals surface area contributed by atoms with Crippen LogP contribution >= 0.6 is 0 Å². The fraction of sp³-hybridized carbons (Fsp3) is 0.429. The molecule has 0 saturated heterocycles. The zero-order chi connectivity index (χ0) is 14.3. The molecular formula is C14H20N2O2S. The van der Waals surface area contributed by atoms with E-state index in [-0.39, 0.29) is 10.9 Å². The second-order valence-corrected chi connectivity index (χ2v) is 6.02. The maximum Gasteiger partial charge on any atom is 0.238 e. The van der Waals surface area contributed by atoms with Gasteiger partial charge in [0.1, 0.15) is 0 Å². The highest BCUT2D eigenvalue weighted by Crippen LogP contribution is 2.16. The molecule has 0 heterocycles. The number of hydrogen-bond donors (Lipinski definition) is 2. The molecule has 5 heteroatoms. The summed E-state index contributed by atoms with van der Waals surface area (Å²) in [6.45, 7) is 2.84. The summed E-state index contributed by atoms with van der Waals surface area (Å²) >= 11 is 0. The predicted octanol–water partition coefficient (Wildman–Crippen LogP) is 1.79. The van der Waals surface area contributed by atoms with Gasteiger partial charge in [-0.25, -0.2) is 13.6 Å². The average Bonchev–Trinajstić information content (AvgIpc) is 2.37. The second kappa shape index (κ2) is 7.29. The van der Waals surface area contributed by atoms with E-state index in [0.29, 0.717) is 0 Å². The summed E-state index contributed by atoms with van der Waals surface area (Å²) in [7, 11) is -3.64. The maximum absolute atomic E-state index is 11.3. The van der Waals surface area contributed by atoms with Gasteiger partial charge in [-0.3, -0.25) is 0 Å². The van der Waals surface area contributed by atoms with Crippen LogP contribution < -0.4 is 10.5 Å². The minimum Gasteiger partial charge on any atom is -0.310 e. The molecule has 0 saturated carbocycles. The molecule has 0 bridgehead atoms. The standard InChI is InChI=1S/C14H20N2O2S/c1-3-4-5-6-10-16-12(2)13-8-7-9-14(11-13)19(15,17)18/h1,7-9,11-12,16H,4-6,10H2,2H3,(H2,15,17,18). The first-order valence-electron chi connectivity index (χ1n) is 6.25. The molecule has 0 aromatic heterocycles. The molecule has 1 aromatic carbocycles. The number of hydrogen-bond acceptors (Lipinski definition) is 3. The Morgan fingerprint density at radius 1 is 1.42 bits per heavy atom. The van der Waals surface area contributed by atoms with E-state index in [0.717, 1.165) is 31.4 Å². The van der Waals surface area contributed by atoms with Gasteiger partial charge in [-0.15, -0.1) is 12.3 Å². The molecule has 0 fully saturated rings. The molecule has 0 aliphatic rings. The first-order chi connectivity index (χ1) is 8.95. The van der Waals surface area contributed by atoms with Gasteiger partial charge in [-0.05, 0) is 44.0 Å². The SMILES string of the molecule is C#CCCCCNC(C)c1cccc(S(N)(=O)=O)c1. The fourth-order valence-corrected chi connectivity index (χ4v) is 2.32. The van der Waals surface area contributed by atoms with Gasteiger partial charge in [-0.1, -0.05) is 12.1 Å². The molecule has 0 radical (unpaired) electrons. The molecule has 19 heavy (non-hydrogen) atoms. The molecular weight excluding hydrogens is 260 g/mol. The van der Waals surface area contributed by atoms with Crippen LogP contribution in [0.1, 0.15) is 37.8 Å². The summed E-state index contributed by atoms with van der Waals surface area (Å²) in [6.07, 6.45) is 7.97. The third-order valence-electron chi connectivity index (χ3n) is 2.89. The van der Waals surface area contributed by atoms with Gasteiger partial charge in [0.2, 0.25) is 10.0 Å². The third-order valence-corrected chi connectivity index (χ3v) is 3.80. The van der Waals surface area contributed by atoms with Crippen LogP contribution in [0.3, 0.4) is 0 Å². The van der Waals surface area contributed by atoms with E-state index in [1.807, 2.05) is 13.0 Å². The van der Waals surface area contributed by atoms with Gasteiger partial charge >= 0.3 is 0 Å². The quantitative estimate of drug-likeness (QED) is 0.591. The number of sulfonamides is 1. The van der Waals surface area contributed by atoms with E-state index in [4.69, 9.17) is 11.6 Å². The van der Waals surface area contributed by atoms with Crippen LogP contribution in [0.2, 0.25) is 0 Å². The van der Waals surface area contributed by atoms with Crippen molar-refractivity contribution in [3.8, 4) is 12.3 Å². The number of nitrogens with two attached hydrogens (primary N) is 1. The molecule has 4 nitrogen and oxygen atoms in total. The van der Waals surface area contributed by atoms with Crippen molar-refractivity contribution in [3.63, 3.8) is 0 Å². The number of unbranched alkanes of at least 4 members (excludes halogenated alkanes) is 2. The Bertz CT molecular complexity index is 547. The van der Waals surface area contributed by atoms with Crippen molar-refractivity contribution in [2.45, 2.75) is 37.1 Å². The van der Waals surface area contributed by atoms with Crippen LogP contribution in [0.5, 0.6) is 0 Å². The van der Waals surface area contributed by atoms with E-state index in [9.17, 15) is 8.42 Å². The molecule has 0 aliphatic carbocycles. The van der Waals surface area contributed by atoms with E-state index in [2.05, 4.69) is 11.2 Å². The molecule has 1 aromatic rings. The largest absolute Gasteiger partial charge is 0.310 e. The van der Waals surface area contributed by atoms with Crippen molar-refractivity contribution in [3.05, 3.63) is 29.8 Å². The number of rotatable bonds is 7. The summed E-state index contributed by atoms with van der Waals surface area (Å²) < 4.78 is 22.6. The van der Waals surface area contributed by atoms with Crippen molar-refractivity contribution >= 4 is 10.0 Å². The molecule has 0 spiro atoms. The average molecular weight is 280 g/mol. The Morgan fingerprint density at radius 3 is 2.79 bits per heavy atom. The van der Waals surface area contributed by atoms with Gasteiger partial charge in [0, 0.05) is 12.5 Å². The van der Waals surface area contributed by atoms with Gasteiger partial charge < -0.3 is 5.32 Å². The van der Waals surface area contributed by atoms with Crippen LogP contribution in [-0.2, 0) is 10.0 Å². The highest BCUT2D eigenvalue weighted by molar-refractivity contribution is 7.89. The smallest absolute Gasteiger partial charge is 0.238 e. The molecule has 104 valence electrons. The number of primary sulfonamides is 1. The normalized spacial score (nSPS) is 12.9. The highest BCUT2D eigenvalue weighted by atomic mass is 32.2. The van der Waals surface area contributed by atoms with Crippen molar-refractivity contribution in [1.29, 1.82) is 0 Å². The highest BCUT2D eigenvalue weighted by Gasteiger charge is 2.10. The summed E-state index contributed by atoms with van der Waals surface area (Å²) in [6, 6.07) is 6.76. The Kier molecular flexibility index (Phi) is 6.03. The Hall–Kier alpha value is -1.35. The van der Waals surface area contributed by atoms with E-state index in [1.54, 1.807) is 12.1 Å². The summed E-state index contributed by atoms with van der Waals surface area (Å²) in [5, 5.41) is 8.45. The number of benzene rings is 1. The first kappa shape index (κ1) is 15.7. The molecule has 3 N–H and O–H groups in total. The van der Waals surface area contributed by atoms with Crippen molar-refractivity contribution < 1.29 is 8.42 Å². The lowest BCUT2D eigenvalue weighted by molar-refractivity contribution is 0.548. The van der Waals surface area contributed by atoms with Gasteiger partial charge in [0.15, 0.2) is 0 Å². The molecule has 0 aliphatic heterocycles. The minimum absolute atomic E-state index is 0.0764. The van der Waals surface area contributed by atoms with Crippen LogP contribution in [0.25, 0.3) is 0 Å². The van der Waals surface area contributed by atoms with Crippen LogP contribution in [-0.4, -0.2) is 15.0 Å². The zero-order valence-electron chi connectivity index (χ0n) is 11.1. The topological polar surface area (TPSA) is 72.2 Å². The Labute approximate surface area is 115 Å². The maximum atomic E-state index is 11.3. The van der Waals surface area contributed by atoms with Gasteiger partial charge in [0.25, 0.3) is 0 Å². The van der Waals surface area contributed by atoms with Crippen molar-refractivity contribution in [1.82, 2.24) is 5.32 Å². The Balaban J connectivity index is 2.58. The van der Waals surface area contributed by atoms with E-state index in [1.165, 1.54) is 6.07 Å². The lowest BCUT2D eigenvalue weighted by Crippen LogP contribution is -2.20. The van der Waals surface area contributed by atoms with Crippen LogP contribution in [0.15, 0.2) is 29.2 Å². The van der Waals surface area contributed by atoms with Gasteiger partial charge in [0.05, 0.1) is 4.90 Å². The lowest BCUT2D eigenvalue weighted by atomic mass is 10.1. The van der Waals surface area contributed by atoms with Gasteiger partial charge in [-0.2, -0.15) is 0 Å². The molecule has 0 amide bonds. The van der Waals surface area contributed by atoms with E-state index >= 15 is 0 Å². The van der Waals surface area contributed by atoms with Crippen molar-refractivity contribution in [2.75, 3.05) is 6.54 Å². The Morgan fingerprint density at radius 2 is 2.16 bits per heavy atom. The number of terminal acetylenes is 1. The predicted molar refractivity (Wildman–Crippen MR) is 76.9 cm³/mol. The molecule has 1 atom stereocenters. The first-order valence-corrected chi connectivity index (χ1v) is 7.79. The van der Waals surface area contributed by atoms with Crippen LogP contribution in [0.4, 0.5) is 0 Å². The van der Waals surface area contributed by atoms with Crippen molar-refractivity contribution in [2.24, 2.45) is 5.14 Å². The summed E-state index contributed by atoms with van der Waals surface area (Å²) in [4.78, 5) is 0.144. The minimum atomic E-state index is -3.64. The van der Waals surface area contributed by atoms with Crippen LogP contribution in [0, 0.1) is 12.3 Å². The lowest BCUT2D eigenvalue weighted by Gasteiger charge is -2.14. The molecule has 1 unspecified atom stereocenters. The summed E-state index contributed by atoms with van der Waals surface area (Å²) in [5.74, 6) is 2.60. The zero-order valence-corrected chi connectivity index (χ0v) is 11.9. The molecule has 1 rings (SSSR count). The fourth-order valence-electron chi connectivity index (χ4n) is 1.75. The van der Waals surface area contributed by atoms with E-state index < -0.39 is 10.0 Å².